The molecule has 0 spiro atoms. The van der Waals surface area contributed by atoms with E-state index in [-0.39, 0.29) is 10.9 Å². The molecule has 1 aromatic carbocycles. The van der Waals surface area contributed by atoms with E-state index in [1.807, 2.05) is 20.0 Å². The van der Waals surface area contributed by atoms with Crippen LogP contribution in [0, 0.1) is 6.92 Å². The number of ether oxygens (including phenoxy) is 1. The Bertz CT molecular complexity index is 618. The molecule has 1 aliphatic rings. The molecule has 7 heteroatoms. The number of sulfonamides is 1. The highest BCUT2D eigenvalue weighted by Crippen LogP contribution is 2.24. The lowest BCUT2D eigenvalue weighted by Gasteiger charge is -2.37. The van der Waals surface area contributed by atoms with Crippen LogP contribution < -0.4 is 9.46 Å². The molecule has 2 rings (SSSR count). The van der Waals surface area contributed by atoms with Gasteiger partial charge in [-0.05, 0) is 38.7 Å². The van der Waals surface area contributed by atoms with Gasteiger partial charge in [-0.2, -0.15) is 0 Å². The zero-order chi connectivity index (χ0) is 16.3. The molecule has 0 radical (unpaired) electrons. The normalized spacial score (nSPS) is 21.0. The molecule has 1 saturated heterocycles. The minimum absolute atomic E-state index is 0.171. The molecule has 0 aromatic heterocycles. The molecule has 1 heterocycles. The second kappa shape index (κ2) is 6.95. The fraction of sp³-hybridized carbons (Fsp3) is 0.600. The monoisotopic (exact) mass is 327 g/mol. The fourth-order valence-corrected chi connectivity index (χ4v) is 3.92. The van der Waals surface area contributed by atoms with Crippen LogP contribution in [0.4, 0.5) is 0 Å². The van der Waals surface area contributed by atoms with Crippen LogP contribution >= 0.6 is 0 Å². The van der Waals surface area contributed by atoms with E-state index >= 15 is 0 Å². The maximum absolute atomic E-state index is 12.6. The number of likely N-dealkylation sites (N-methyl/N-ethyl adjacent to an activating group) is 2. The lowest BCUT2D eigenvalue weighted by Crippen LogP contribution is -2.54. The second-order valence-corrected chi connectivity index (χ2v) is 7.64. The summed E-state index contributed by atoms with van der Waals surface area (Å²) >= 11 is 0. The summed E-state index contributed by atoms with van der Waals surface area (Å²) in [6.07, 6.45) is 0. The molecule has 1 unspecified atom stereocenters. The first-order valence-electron chi connectivity index (χ1n) is 7.36. The molecular weight excluding hydrogens is 302 g/mol. The van der Waals surface area contributed by atoms with E-state index in [1.165, 1.54) is 7.11 Å². The van der Waals surface area contributed by atoms with Crippen molar-refractivity contribution in [1.29, 1.82) is 0 Å². The minimum atomic E-state index is -3.59. The third-order valence-corrected chi connectivity index (χ3v) is 5.54. The summed E-state index contributed by atoms with van der Waals surface area (Å²) in [6, 6.07) is 5.33. The number of nitrogens with zero attached hydrogens (tertiary/aromatic N) is 2. The lowest BCUT2D eigenvalue weighted by molar-refractivity contribution is 0.117. The number of hydrogen-bond donors (Lipinski definition) is 1. The molecular formula is C15H25N3O3S. The molecule has 1 N–H and O–H groups in total. The van der Waals surface area contributed by atoms with Crippen LogP contribution in [0.25, 0.3) is 0 Å². The number of aryl methyl sites for hydroxylation is 1. The Kier molecular flexibility index (Phi) is 5.44. The standard InChI is InChI=1S/C15H25N3O3S/c1-12-5-6-14(21-4)15(9-12)22(19,20)16-10-13-11-17(2)7-8-18(13)3/h5-6,9,13,16H,7-8,10-11H2,1-4H3. The first-order chi connectivity index (χ1) is 10.3. The van der Waals surface area contributed by atoms with Crippen molar-refractivity contribution in [2.24, 2.45) is 0 Å². The highest BCUT2D eigenvalue weighted by atomic mass is 32.2. The van der Waals surface area contributed by atoms with Crippen LogP contribution in [0.15, 0.2) is 23.1 Å². The van der Waals surface area contributed by atoms with Crippen molar-refractivity contribution in [1.82, 2.24) is 14.5 Å². The van der Waals surface area contributed by atoms with Crippen molar-refractivity contribution in [3.63, 3.8) is 0 Å². The van der Waals surface area contributed by atoms with Crippen LogP contribution in [-0.4, -0.2) is 71.6 Å². The smallest absolute Gasteiger partial charge is 0.244 e. The van der Waals surface area contributed by atoms with E-state index in [4.69, 9.17) is 4.74 Å². The predicted octanol–water partition coefficient (Wildman–Crippen LogP) is 0.528. The zero-order valence-electron chi connectivity index (χ0n) is 13.7. The molecule has 1 aliphatic heterocycles. The average Bonchev–Trinajstić information content (AvgIpc) is 2.48. The first kappa shape index (κ1) is 17.2. The Labute approximate surface area is 133 Å². The summed E-state index contributed by atoms with van der Waals surface area (Å²) in [4.78, 5) is 4.60. The van der Waals surface area contributed by atoms with E-state index in [0.717, 1.165) is 25.2 Å². The number of rotatable bonds is 5. The quantitative estimate of drug-likeness (QED) is 0.855. The predicted molar refractivity (Wildman–Crippen MR) is 86.8 cm³/mol. The number of benzene rings is 1. The van der Waals surface area contributed by atoms with Gasteiger partial charge >= 0.3 is 0 Å². The van der Waals surface area contributed by atoms with Crippen LogP contribution in [0.2, 0.25) is 0 Å². The van der Waals surface area contributed by atoms with Crippen molar-refractivity contribution in [2.45, 2.75) is 17.9 Å². The largest absolute Gasteiger partial charge is 0.495 e. The Morgan fingerprint density at radius 2 is 2.05 bits per heavy atom. The van der Waals surface area contributed by atoms with E-state index < -0.39 is 10.0 Å². The summed E-state index contributed by atoms with van der Waals surface area (Å²) < 4.78 is 33.0. The Morgan fingerprint density at radius 3 is 2.73 bits per heavy atom. The van der Waals surface area contributed by atoms with Crippen molar-refractivity contribution < 1.29 is 13.2 Å². The van der Waals surface area contributed by atoms with Gasteiger partial charge in [-0.25, -0.2) is 13.1 Å². The molecule has 1 fully saturated rings. The van der Waals surface area contributed by atoms with E-state index in [2.05, 4.69) is 21.6 Å². The molecule has 22 heavy (non-hydrogen) atoms. The molecule has 0 saturated carbocycles. The van der Waals surface area contributed by atoms with Gasteiger partial charge in [-0.15, -0.1) is 0 Å². The number of piperazine rings is 1. The third-order valence-electron chi connectivity index (χ3n) is 4.10. The van der Waals surface area contributed by atoms with Gasteiger partial charge in [0.1, 0.15) is 10.6 Å². The van der Waals surface area contributed by atoms with Gasteiger partial charge in [0, 0.05) is 32.2 Å². The minimum Gasteiger partial charge on any atom is -0.495 e. The lowest BCUT2D eigenvalue weighted by atomic mass is 10.2. The Morgan fingerprint density at radius 1 is 1.32 bits per heavy atom. The SMILES string of the molecule is COc1ccc(C)cc1S(=O)(=O)NCC1CN(C)CCN1C. The summed E-state index contributed by atoms with van der Waals surface area (Å²) in [6.45, 7) is 5.05. The number of nitrogens with one attached hydrogen (secondary N) is 1. The zero-order valence-corrected chi connectivity index (χ0v) is 14.5. The van der Waals surface area contributed by atoms with Gasteiger partial charge in [0.15, 0.2) is 0 Å². The highest BCUT2D eigenvalue weighted by molar-refractivity contribution is 7.89. The van der Waals surface area contributed by atoms with Crippen LogP contribution in [0.5, 0.6) is 5.75 Å². The number of hydrogen-bond acceptors (Lipinski definition) is 5. The first-order valence-corrected chi connectivity index (χ1v) is 8.85. The second-order valence-electron chi connectivity index (χ2n) is 5.90. The van der Waals surface area contributed by atoms with E-state index in [1.54, 1.807) is 12.1 Å². The van der Waals surface area contributed by atoms with Crippen molar-refractivity contribution in [2.75, 3.05) is 47.4 Å². The fourth-order valence-electron chi connectivity index (χ4n) is 2.60. The third kappa shape index (κ3) is 3.98. The van der Waals surface area contributed by atoms with Gasteiger partial charge in [-0.3, -0.25) is 4.90 Å². The summed E-state index contributed by atoms with van der Waals surface area (Å²) in [7, 11) is 1.97. The maximum atomic E-state index is 12.6. The summed E-state index contributed by atoms with van der Waals surface area (Å²) in [5.74, 6) is 0.368. The van der Waals surface area contributed by atoms with E-state index in [9.17, 15) is 8.42 Å². The Hall–Kier alpha value is -1.15. The van der Waals surface area contributed by atoms with Gasteiger partial charge in [0.25, 0.3) is 0 Å². The van der Waals surface area contributed by atoms with Gasteiger partial charge < -0.3 is 9.64 Å². The van der Waals surface area contributed by atoms with Crippen LogP contribution in [-0.2, 0) is 10.0 Å². The van der Waals surface area contributed by atoms with Crippen LogP contribution in [0.1, 0.15) is 5.56 Å². The molecule has 0 aliphatic carbocycles. The average molecular weight is 327 g/mol. The van der Waals surface area contributed by atoms with Crippen molar-refractivity contribution >= 4 is 10.0 Å². The van der Waals surface area contributed by atoms with Crippen molar-refractivity contribution in [3.8, 4) is 5.75 Å². The Balaban J connectivity index is 2.13. The molecule has 6 nitrogen and oxygen atoms in total. The molecule has 124 valence electrons. The van der Waals surface area contributed by atoms with Gasteiger partial charge in [-0.1, -0.05) is 6.07 Å². The molecule has 1 aromatic rings. The molecule has 1 atom stereocenters. The summed E-state index contributed by atoms with van der Waals surface area (Å²) in [5, 5.41) is 0. The van der Waals surface area contributed by atoms with Gasteiger partial charge in [0.05, 0.1) is 7.11 Å². The van der Waals surface area contributed by atoms with E-state index in [0.29, 0.717) is 12.3 Å². The highest BCUT2D eigenvalue weighted by Gasteiger charge is 2.25. The topological polar surface area (TPSA) is 61.9 Å². The number of methoxy groups -OCH3 is 1. The molecule has 0 bridgehead atoms. The summed E-state index contributed by atoms with van der Waals surface area (Å²) in [5.41, 5.74) is 0.885. The van der Waals surface area contributed by atoms with Crippen LogP contribution in [0.3, 0.4) is 0 Å². The molecule has 0 amide bonds. The van der Waals surface area contributed by atoms with Crippen molar-refractivity contribution in [3.05, 3.63) is 23.8 Å². The maximum Gasteiger partial charge on any atom is 0.244 e. The van der Waals surface area contributed by atoms with Gasteiger partial charge in [0.2, 0.25) is 10.0 Å².